The minimum atomic E-state index is -1.15. The summed E-state index contributed by atoms with van der Waals surface area (Å²) in [5.41, 5.74) is 1.32. The van der Waals surface area contributed by atoms with Crippen molar-refractivity contribution in [1.29, 1.82) is 0 Å². The van der Waals surface area contributed by atoms with Crippen LogP contribution in [0.2, 0.25) is 0 Å². The maximum atomic E-state index is 13.1. The van der Waals surface area contributed by atoms with Gasteiger partial charge in [0.15, 0.2) is 0 Å². The molecule has 1 aliphatic heterocycles. The molecule has 1 fully saturated rings. The lowest BCUT2D eigenvalue weighted by Crippen LogP contribution is -2.29. The van der Waals surface area contributed by atoms with E-state index >= 15 is 0 Å². The van der Waals surface area contributed by atoms with Crippen molar-refractivity contribution >= 4 is 28.8 Å². The molecule has 1 amide bonds. The summed E-state index contributed by atoms with van der Waals surface area (Å²) in [5.74, 6) is -2.13. The fourth-order valence-corrected chi connectivity index (χ4v) is 3.81. The van der Waals surface area contributed by atoms with E-state index < -0.39 is 22.7 Å². The number of benzene rings is 3. The van der Waals surface area contributed by atoms with Gasteiger partial charge in [0.25, 0.3) is 17.4 Å². The van der Waals surface area contributed by atoms with Crippen LogP contribution in [0.3, 0.4) is 0 Å². The molecule has 0 radical (unpaired) electrons. The van der Waals surface area contributed by atoms with E-state index in [0.29, 0.717) is 11.3 Å². The van der Waals surface area contributed by atoms with Crippen LogP contribution in [0, 0.1) is 17.0 Å². The smallest absolute Gasteiger partial charge is 0.300 e. The predicted molar refractivity (Wildman–Crippen MR) is 116 cm³/mol. The maximum absolute atomic E-state index is 13.1. The van der Waals surface area contributed by atoms with Crippen molar-refractivity contribution in [2.24, 2.45) is 0 Å². The molecule has 1 N–H and O–H groups in total. The first kappa shape index (κ1) is 20.0. The van der Waals surface area contributed by atoms with Crippen LogP contribution in [-0.4, -0.2) is 21.7 Å². The fraction of sp³-hybridized carbons (Fsp3) is 0.0833. The molecule has 3 aromatic rings. The highest BCUT2D eigenvalue weighted by Gasteiger charge is 2.48. The highest BCUT2D eigenvalue weighted by Crippen LogP contribution is 2.44. The molecule has 0 aromatic heterocycles. The Morgan fingerprint density at radius 1 is 0.968 bits per heavy atom. The van der Waals surface area contributed by atoms with E-state index in [2.05, 4.69) is 0 Å². The number of amides is 1. The molecule has 3 aromatic carbocycles. The molecule has 1 heterocycles. The van der Waals surface area contributed by atoms with E-state index in [1.165, 1.54) is 23.1 Å². The van der Waals surface area contributed by atoms with Crippen molar-refractivity contribution in [3.05, 3.63) is 111 Å². The van der Waals surface area contributed by atoms with Gasteiger partial charge in [0.1, 0.15) is 11.8 Å². The number of nitro groups is 1. The van der Waals surface area contributed by atoms with Gasteiger partial charge >= 0.3 is 0 Å². The minimum Gasteiger partial charge on any atom is -0.507 e. The first-order valence-electron chi connectivity index (χ1n) is 9.56. The average Bonchev–Trinajstić information content (AvgIpc) is 3.04. The molecule has 1 unspecified atom stereocenters. The zero-order valence-corrected chi connectivity index (χ0v) is 16.6. The summed E-state index contributed by atoms with van der Waals surface area (Å²) in [5, 5.41) is 22.7. The van der Waals surface area contributed by atoms with Gasteiger partial charge in [0.05, 0.1) is 16.1 Å². The van der Waals surface area contributed by atoms with Crippen LogP contribution in [-0.2, 0) is 9.59 Å². The number of ketones is 1. The Kier molecular flexibility index (Phi) is 5.09. The van der Waals surface area contributed by atoms with E-state index in [1.807, 2.05) is 13.0 Å². The third-order valence-corrected chi connectivity index (χ3v) is 5.20. The lowest BCUT2D eigenvalue weighted by atomic mass is 9.94. The molecule has 0 spiro atoms. The quantitative estimate of drug-likeness (QED) is 0.222. The highest BCUT2D eigenvalue weighted by molar-refractivity contribution is 6.51. The van der Waals surface area contributed by atoms with E-state index in [9.17, 15) is 24.8 Å². The molecule has 1 saturated heterocycles. The third-order valence-electron chi connectivity index (χ3n) is 5.20. The first-order chi connectivity index (χ1) is 14.9. The van der Waals surface area contributed by atoms with Gasteiger partial charge < -0.3 is 5.11 Å². The topological polar surface area (TPSA) is 101 Å². The van der Waals surface area contributed by atoms with Gasteiger partial charge in [-0.05, 0) is 30.7 Å². The summed E-state index contributed by atoms with van der Waals surface area (Å²) >= 11 is 0. The Hall–Kier alpha value is -4.26. The molecule has 7 heteroatoms. The lowest BCUT2D eigenvalue weighted by molar-refractivity contribution is -0.385. The Bertz CT molecular complexity index is 1230. The van der Waals surface area contributed by atoms with Gasteiger partial charge in [-0.2, -0.15) is 0 Å². The second-order valence-electron chi connectivity index (χ2n) is 7.19. The number of nitro benzene ring substituents is 1. The second-order valence-corrected chi connectivity index (χ2v) is 7.19. The number of hydrogen-bond donors (Lipinski definition) is 1. The molecule has 0 bridgehead atoms. The van der Waals surface area contributed by atoms with Crippen LogP contribution in [0.25, 0.3) is 5.76 Å². The van der Waals surface area contributed by atoms with Gasteiger partial charge in [-0.1, -0.05) is 54.6 Å². The monoisotopic (exact) mass is 414 g/mol. The summed E-state index contributed by atoms with van der Waals surface area (Å²) in [6, 6.07) is 20.0. The number of hydrogen-bond acceptors (Lipinski definition) is 5. The van der Waals surface area contributed by atoms with Crippen LogP contribution in [0.5, 0.6) is 0 Å². The number of carbonyl (C=O) groups is 2. The normalized spacial score (nSPS) is 17.7. The summed E-state index contributed by atoms with van der Waals surface area (Å²) in [6.45, 7) is 1.84. The summed E-state index contributed by atoms with van der Waals surface area (Å²) in [4.78, 5) is 38.5. The maximum Gasteiger partial charge on any atom is 0.300 e. The minimum absolute atomic E-state index is 0.144. The Balaban J connectivity index is 2.02. The van der Waals surface area contributed by atoms with Crippen molar-refractivity contribution in [3.8, 4) is 0 Å². The third kappa shape index (κ3) is 3.46. The molecule has 31 heavy (non-hydrogen) atoms. The largest absolute Gasteiger partial charge is 0.507 e. The Labute approximate surface area is 178 Å². The number of para-hydroxylation sites is 1. The molecule has 1 aliphatic rings. The highest BCUT2D eigenvalue weighted by atomic mass is 16.6. The van der Waals surface area contributed by atoms with Crippen molar-refractivity contribution in [2.75, 3.05) is 4.90 Å². The van der Waals surface area contributed by atoms with Crippen LogP contribution < -0.4 is 4.90 Å². The standard InChI is InChI=1S/C24H18N2O5/c1-15-8-7-11-17(14-15)25-21(18-12-5-6-13-19(18)26(30)31)20(23(28)24(25)29)22(27)16-9-3-2-4-10-16/h2-14,21,27H,1H3/b22-20+. The molecule has 0 aliphatic carbocycles. The number of nitrogens with zero attached hydrogens (tertiary/aromatic N) is 2. The predicted octanol–water partition coefficient (Wildman–Crippen LogP) is 4.53. The number of Topliss-reactive ketones (excluding diaryl/α,β-unsaturated/α-hetero) is 1. The van der Waals surface area contributed by atoms with Gasteiger partial charge in [0.2, 0.25) is 0 Å². The SMILES string of the molecule is Cc1cccc(N2C(=O)C(=O)/C(=C(/O)c3ccccc3)C2c2ccccc2[N+](=O)[O-])c1. The number of carbonyl (C=O) groups excluding carboxylic acids is 2. The number of aliphatic hydroxyl groups excluding tert-OH is 1. The Morgan fingerprint density at radius 2 is 1.65 bits per heavy atom. The first-order valence-corrected chi connectivity index (χ1v) is 9.56. The Morgan fingerprint density at radius 3 is 2.32 bits per heavy atom. The van der Waals surface area contributed by atoms with Crippen molar-refractivity contribution < 1.29 is 19.6 Å². The van der Waals surface area contributed by atoms with Crippen LogP contribution >= 0.6 is 0 Å². The van der Waals surface area contributed by atoms with E-state index in [1.54, 1.807) is 54.6 Å². The number of aryl methyl sites for hydroxylation is 1. The zero-order valence-electron chi connectivity index (χ0n) is 16.6. The van der Waals surface area contributed by atoms with Gasteiger partial charge in [-0.25, -0.2) is 0 Å². The van der Waals surface area contributed by atoms with E-state index in [-0.39, 0.29) is 22.6 Å². The van der Waals surface area contributed by atoms with Crippen LogP contribution in [0.1, 0.15) is 22.7 Å². The molecule has 154 valence electrons. The summed E-state index contributed by atoms with van der Waals surface area (Å²) < 4.78 is 0. The van der Waals surface area contributed by atoms with E-state index in [0.717, 1.165) is 5.56 Å². The number of aliphatic hydroxyl groups is 1. The molecule has 1 atom stereocenters. The molecule has 4 rings (SSSR count). The number of anilines is 1. The zero-order chi connectivity index (χ0) is 22.1. The van der Waals surface area contributed by atoms with Crippen molar-refractivity contribution in [3.63, 3.8) is 0 Å². The average molecular weight is 414 g/mol. The lowest BCUT2D eigenvalue weighted by Gasteiger charge is -2.25. The number of rotatable bonds is 4. The van der Waals surface area contributed by atoms with Crippen LogP contribution in [0.15, 0.2) is 84.4 Å². The molecule has 7 nitrogen and oxygen atoms in total. The van der Waals surface area contributed by atoms with E-state index in [4.69, 9.17) is 0 Å². The summed E-state index contributed by atoms with van der Waals surface area (Å²) in [6.07, 6.45) is 0. The van der Waals surface area contributed by atoms with Crippen molar-refractivity contribution in [2.45, 2.75) is 13.0 Å². The molecular formula is C24H18N2O5. The molecular weight excluding hydrogens is 396 g/mol. The van der Waals surface area contributed by atoms with Gasteiger partial charge in [-0.3, -0.25) is 24.6 Å². The summed E-state index contributed by atoms with van der Waals surface area (Å²) in [7, 11) is 0. The van der Waals surface area contributed by atoms with Crippen molar-refractivity contribution in [1.82, 2.24) is 0 Å². The molecule has 0 saturated carbocycles. The van der Waals surface area contributed by atoms with Gasteiger partial charge in [-0.15, -0.1) is 0 Å². The fourth-order valence-electron chi connectivity index (χ4n) is 3.81. The van der Waals surface area contributed by atoms with Gasteiger partial charge in [0, 0.05) is 17.3 Å². The second kappa shape index (κ2) is 7.87. The van der Waals surface area contributed by atoms with Crippen LogP contribution in [0.4, 0.5) is 11.4 Å².